The average molecular weight is 371 g/mol. The van der Waals surface area contributed by atoms with Gasteiger partial charge in [-0.25, -0.2) is 4.79 Å². The quantitative estimate of drug-likeness (QED) is 0.739. The molecular weight excluding hydrogens is 344 g/mol. The molecule has 1 aliphatic carbocycles. The van der Waals surface area contributed by atoms with Crippen molar-refractivity contribution in [1.29, 1.82) is 0 Å². The fourth-order valence-electron chi connectivity index (χ4n) is 3.21. The average Bonchev–Trinajstić information content (AvgIpc) is 3.47. The Balaban J connectivity index is 1.57. The molecule has 0 radical (unpaired) electrons. The van der Waals surface area contributed by atoms with Crippen LogP contribution in [-0.4, -0.2) is 37.9 Å². The molecule has 26 heavy (non-hydrogen) atoms. The van der Waals surface area contributed by atoms with Crippen molar-refractivity contribution < 1.29 is 9.53 Å². The molecule has 5 heteroatoms. The fraction of sp³-hybridized carbons (Fsp3) is 0.381. The highest BCUT2D eigenvalue weighted by Crippen LogP contribution is 2.47. The highest BCUT2D eigenvalue weighted by Gasteiger charge is 2.44. The third-order valence-electron chi connectivity index (χ3n) is 5.03. The van der Waals surface area contributed by atoms with E-state index in [0.717, 1.165) is 29.1 Å². The van der Waals surface area contributed by atoms with Crippen LogP contribution in [0.15, 0.2) is 53.4 Å². The van der Waals surface area contributed by atoms with Crippen LogP contribution in [0, 0.1) is 0 Å². The fourth-order valence-corrected chi connectivity index (χ4v) is 3.76. The molecule has 0 saturated heterocycles. The first-order valence-corrected chi connectivity index (χ1v) is 10.1. The Labute approximate surface area is 159 Å². The van der Waals surface area contributed by atoms with Gasteiger partial charge in [0.1, 0.15) is 5.75 Å². The third kappa shape index (κ3) is 4.15. The summed E-state index contributed by atoms with van der Waals surface area (Å²) in [5.41, 5.74) is 2.50. The van der Waals surface area contributed by atoms with Crippen molar-refractivity contribution >= 4 is 17.8 Å². The number of carbonyl (C=O) groups excluding carboxylic acids is 1. The van der Waals surface area contributed by atoms with Crippen LogP contribution in [-0.2, 0) is 12.0 Å². The van der Waals surface area contributed by atoms with Gasteiger partial charge in [-0.1, -0.05) is 36.4 Å². The Morgan fingerprint density at radius 2 is 1.96 bits per heavy atom. The van der Waals surface area contributed by atoms with Crippen molar-refractivity contribution in [3.05, 3.63) is 59.7 Å². The van der Waals surface area contributed by atoms with E-state index in [0.29, 0.717) is 13.1 Å². The molecule has 1 N–H and O–H groups in total. The zero-order valence-corrected chi connectivity index (χ0v) is 16.4. The number of hydrogen-bond acceptors (Lipinski definition) is 3. The Kier molecular flexibility index (Phi) is 5.77. The van der Waals surface area contributed by atoms with Crippen LogP contribution in [0.5, 0.6) is 5.75 Å². The van der Waals surface area contributed by atoms with Crippen LogP contribution in [0.1, 0.15) is 24.0 Å². The van der Waals surface area contributed by atoms with Crippen molar-refractivity contribution in [1.82, 2.24) is 10.2 Å². The normalized spacial score (nSPS) is 14.6. The molecule has 2 aromatic rings. The number of carbonyl (C=O) groups is 1. The molecule has 0 aliphatic heterocycles. The van der Waals surface area contributed by atoms with Gasteiger partial charge in [-0.2, -0.15) is 0 Å². The number of nitrogens with one attached hydrogen (secondary N) is 1. The number of hydrogen-bond donors (Lipinski definition) is 1. The van der Waals surface area contributed by atoms with E-state index in [2.05, 4.69) is 29.6 Å². The monoisotopic (exact) mass is 370 g/mol. The third-order valence-corrected chi connectivity index (χ3v) is 5.81. The molecule has 0 spiro atoms. The number of amides is 2. The van der Waals surface area contributed by atoms with Crippen molar-refractivity contribution in [3.8, 4) is 5.75 Å². The molecule has 2 aromatic carbocycles. The van der Waals surface area contributed by atoms with Gasteiger partial charge < -0.3 is 15.0 Å². The summed E-state index contributed by atoms with van der Waals surface area (Å²) in [6.07, 6.45) is 4.29. The van der Waals surface area contributed by atoms with E-state index in [1.165, 1.54) is 5.56 Å². The lowest BCUT2D eigenvalue weighted by Gasteiger charge is -2.22. The van der Waals surface area contributed by atoms with Crippen molar-refractivity contribution in [2.24, 2.45) is 0 Å². The van der Waals surface area contributed by atoms with Gasteiger partial charge >= 0.3 is 6.03 Å². The molecule has 0 aromatic heterocycles. The highest BCUT2D eigenvalue weighted by atomic mass is 32.2. The predicted octanol–water partition coefficient (Wildman–Crippen LogP) is 4.29. The summed E-state index contributed by atoms with van der Waals surface area (Å²) >= 11 is 1.65. The summed E-state index contributed by atoms with van der Waals surface area (Å²) in [6, 6.07) is 16.5. The lowest BCUT2D eigenvalue weighted by Crippen LogP contribution is -2.40. The van der Waals surface area contributed by atoms with Gasteiger partial charge in [-0.05, 0) is 42.4 Å². The smallest absolute Gasteiger partial charge is 0.317 e. The molecule has 1 aliphatic rings. The van der Waals surface area contributed by atoms with Crippen LogP contribution >= 0.6 is 11.8 Å². The van der Waals surface area contributed by atoms with Crippen LogP contribution in [0.3, 0.4) is 0 Å². The first-order chi connectivity index (χ1) is 12.6. The molecular formula is C21H26N2O2S. The number of methoxy groups -OCH3 is 1. The minimum atomic E-state index is -0.0416. The topological polar surface area (TPSA) is 41.6 Å². The Hall–Kier alpha value is -2.14. The van der Waals surface area contributed by atoms with E-state index < -0.39 is 0 Å². The van der Waals surface area contributed by atoms with Gasteiger partial charge in [-0.15, -0.1) is 11.8 Å². The zero-order chi connectivity index (χ0) is 18.6. The lowest BCUT2D eigenvalue weighted by atomic mass is 9.96. The SMILES string of the molecule is COc1cc(CN(C)C(=O)NCC2(c3ccccc3)CC2)ccc1SC. The maximum atomic E-state index is 12.5. The summed E-state index contributed by atoms with van der Waals surface area (Å²) in [5, 5.41) is 3.11. The van der Waals surface area contributed by atoms with E-state index in [-0.39, 0.29) is 11.4 Å². The van der Waals surface area contributed by atoms with Gasteiger partial charge in [-0.3, -0.25) is 0 Å². The minimum absolute atomic E-state index is 0.0416. The standard InChI is InChI=1S/C21H26N2O2S/c1-23(14-16-9-10-19(26-3)18(13-16)25-2)20(24)22-15-21(11-12-21)17-7-5-4-6-8-17/h4-10,13H,11-12,14-15H2,1-3H3,(H,22,24). The predicted molar refractivity (Wildman–Crippen MR) is 107 cm³/mol. The summed E-state index contributed by atoms with van der Waals surface area (Å²) in [6.45, 7) is 1.24. The van der Waals surface area contributed by atoms with Gasteiger partial charge in [0.2, 0.25) is 0 Å². The number of urea groups is 1. The lowest BCUT2D eigenvalue weighted by molar-refractivity contribution is 0.205. The van der Waals surface area contributed by atoms with Gasteiger partial charge in [0.05, 0.1) is 7.11 Å². The molecule has 138 valence electrons. The molecule has 4 nitrogen and oxygen atoms in total. The number of benzene rings is 2. The van der Waals surface area contributed by atoms with Gasteiger partial charge in [0.25, 0.3) is 0 Å². The molecule has 3 rings (SSSR count). The Bertz CT molecular complexity index is 760. The van der Waals surface area contributed by atoms with Crippen molar-refractivity contribution in [3.63, 3.8) is 0 Å². The summed E-state index contributed by atoms with van der Waals surface area (Å²) in [7, 11) is 3.50. The summed E-state index contributed by atoms with van der Waals surface area (Å²) < 4.78 is 5.43. The molecule has 1 fully saturated rings. The van der Waals surface area contributed by atoms with Crippen LogP contribution in [0.4, 0.5) is 4.79 Å². The van der Waals surface area contributed by atoms with Gasteiger partial charge in [0.15, 0.2) is 0 Å². The Morgan fingerprint density at radius 3 is 2.58 bits per heavy atom. The van der Waals surface area contributed by atoms with E-state index in [4.69, 9.17) is 4.74 Å². The van der Waals surface area contributed by atoms with Crippen LogP contribution in [0.25, 0.3) is 0 Å². The van der Waals surface area contributed by atoms with E-state index in [9.17, 15) is 4.79 Å². The number of nitrogens with zero attached hydrogens (tertiary/aromatic N) is 1. The van der Waals surface area contributed by atoms with Crippen molar-refractivity contribution in [2.45, 2.75) is 29.7 Å². The largest absolute Gasteiger partial charge is 0.496 e. The van der Waals surface area contributed by atoms with Crippen LogP contribution in [0.2, 0.25) is 0 Å². The zero-order valence-electron chi connectivity index (χ0n) is 15.6. The number of rotatable bonds is 7. The van der Waals surface area contributed by atoms with E-state index in [1.807, 2.05) is 37.6 Å². The van der Waals surface area contributed by atoms with Crippen LogP contribution < -0.4 is 10.1 Å². The summed E-state index contributed by atoms with van der Waals surface area (Å²) in [5.74, 6) is 0.852. The first-order valence-electron chi connectivity index (χ1n) is 8.83. The second-order valence-corrected chi connectivity index (χ2v) is 7.70. The molecule has 2 amide bonds. The van der Waals surface area contributed by atoms with Gasteiger partial charge in [0, 0.05) is 30.4 Å². The second kappa shape index (κ2) is 8.04. The first kappa shape index (κ1) is 18.6. The van der Waals surface area contributed by atoms with E-state index in [1.54, 1.807) is 23.8 Å². The maximum absolute atomic E-state index is 12.5. The maximum Gasteiger partial charge on any atom is 0.317 e. The molecule has 0 bridgehead atoms. The Morgan fingerprint density at radius 1 is 1.23 bits per heavy atom. The number of ether oxygens (including phenoxy) is 1. The van der Waals surface area contributed by atoms with E-state index >= 15 is 0 Å². The summed E-state index contributed by atoms with van der Waals surface area (Å²) in [4.78, 5) is 15.3. The molecule has 0 heterocycles. The molecule has 0 atom stereocenters. The highest BCUT2D eigenvalue weighted by molar-refractivity contribution is 7.98. The molecule has 0 unspecified atom stereocenters. The number of thioether (sulfide) groups is 1. The minimum Gasteiger partial charge on any atom is -0.496 e. The molecule has 1 saturated carbocycles. The van der Waals surface area contributed by atoms with Crippen molar-refractivity contribution in [2.75, 3.05) is 27.0 Å². The second-order valence-electron chi connectivity index (χ2n) is 6.85.